The van der Waals surface area contributed by atoms with E-state index in [9.17, 15) is 0 Å². The van der Waals surface area contributed by atoms with E-state index in [0.717, 1.165) is 52.4 Å². The SMILES string of the molecule is C=C/C(NC)=C(/C(=N)C1CC1)C(c1ccc(C)cc1)N(C)c1cc(C)c2nnc(C)n2c1. The first kappa shape index (κ1) is 21.8. The van der Waals surface area contributed by atoms with Crippen molar-refractivity contribution in [3.05, 3.63) is 83.0 Å². The minimum atomic E-state index is -0.141. The third kappa shape index (κ3) is 3.93. The van der Waals surface area contributed by atoms with Gasteiger partial charge < -0.3 is 15.6 Å². The molecule has 1 atom stereocenters. The van der Waals surface area contributed by atoms with E-state index in [1.54, 1.807) is 0 Å². The van der Waals surface area contributed by atoms with Crippen molar-refractivity contribution in [3.63, 3.8) is 0 Å². The molecular weight excluding hydrogens is 396 g/mol. The number of aromatic nitrogens is 3. The van der Waals surface area contributed by atoms with Gasteiger partial charge in [-0.2, -0.15) is 0 Å². The molecule has 6 heteroatoms. The van der Waals surface area contributed by atoms with E-state index in [2.05, 4.69) is 84.4 Å². The third-order valence-corrected chi connectivity index (χ3v) is 6.35. The monoisotopic (exact) mass is 428 g/mol. The van der Waals surface area contributed by atoms with Gasteiger partial charge in [0.1, 0.15) is 5.82 Å². The Kier molecular flexibility index (Phi) is 5.87. The minimum absolute atomic E-state index is 0.141. The van der Waals surface area contributed by atoms with E-state index in [1.165, 1.54) is 5.56 Å². The van der Waals surface area contributed by atoms with E-state index in [0.29, 0.717) is 11.6 Å². The summed E-state index contributed by atoms with van der Waals surface area (Å²) in [5, 5.41) is 20.9. The van der Waals surface area contributed by atoms with E-state index in [4.69, 9.17) is 5.41 Å². The van der Waals surface area contributed by atoms with Crippen LogP contribution in [-0.2, 0) is 0 Å². The van der Waals surface area contributed by atoms with Gasteiger partial charge in [0, 0.05) is 43.2 Å². The van der Waals surface area contributed by atoms with Crippen LogP contribution in [0.25, 0.3) is 5.65 Å². The predicted molar refractivity (Wildman–Crippen MR) is 132 cm³/mol. The first-order valence-corrected chi connectivity index (χ1v) is 11.1. The Morgan fingerprint density at radius 1 is 1.22 bits per heavy atom. The maximum atomic E-state index is 9.06. The summed E-state index contributed by atoms with van der Waals surface area (Å²) >= 11 is 0. The highest BCUT2D eigenvalue weighted by Crippen LogP contribution is 2.41. The Balaban J connectivity index is 1.92. The van der Waals surface area contributed by atoms with Crippen LogP contribution in [0, 0.1) is 32.1 Å². The molecule has 32 heavy (non-hydrogen) atoms. The number of nitrogens with zero attached hydrogens (tertiary/aromatic N) is 4. The zero-order chi connectivity index (χ0) is 23.0. The second-order valence-electron chi connectivity index (χ2n) is 8.72. The molecule has 1 unspecified atom stereocenters. The van der Waals surface area contributed by atoms with Gasteiger partial charge in [0.25, 0.3) is 0 Å². The Bertz CT molecular complexity index is 1200. The second kappa shape index (κ2) is 8.61. The molecule has 1 aliphatic carbocycles. The van der Waals surface area contributed by atoms with Gasteiger partial charge in [0.2, 0.25) is 0 Å². The van der Waals surface area contributed by atoms with Crippen LogP contribution in [0.4, 0.5) is 5.69 Å². The number of anilines is 1. The molecule has 0 bridgehead atoms. The Hall–Kier alpha value is -3.41. The fourth-order valence-electron chi connectivity index (χ4n) is 4.30. The normalized spacial score (nSPS) is 15.3. The smallest absolute Gasteiger partial charge is 0.163 e. The Morgan fingerprint density at radius 2 is 1.91 bits per heavy atom. The number of hydrogen-bond donors (Lipinski definition) is 2. The largest absolute Gasteiger partial charge is 0.388 e. The van der Waals surface area contributed by atoms with Crippen molar-refractivity contribution in [2.45, 2.75) is 39.7 Å². The topological polar surface area (TPSA) is 69.3 Å². The minimum Gasteiger partial charge on any atom is -0.388 e. The maximum Gasteiger partial charge on any atom is 0.163 e. The van der Waals surface area contributed by atoms with Gasteiger partial charge in [-0.05, 0) is 56.9 Å². The lowest BCUT2D eigenvalue weighted by molar-refractivity contribution is 0.762. The molecule has 0 radical (unpaired) electrons. The number of allylic oxidation sites excluding steroid dienone is 1. The quantitative estimate of drug-likeness (QED) is 0.395. The van der Waals surface area contributed by atoms with Gasteiger partial charge in [-0.3, -0.25) is 4.40 Å². The van der Waals surface area contributed by atoms with Crippen LogP contribution in [0.3, 0.4) is 0 Å². The lowest BCUT2D eigenvalue weighted by Crippen LogP contribution is -2.32. The van der Waals surface area contributed by atoms with E-state index in [1.807, 2.05) is 24.4 Å². The summed E-state index contributed by atoms with van der Waals surface area (Å²) in [6, 6.07) is 10.6. The first-order valence-electron chi connectivity index (χ1n) is 11.1. The number of pyridine rings is 1. The molecule has 1 fully saturated rings. The average molecular weight is 429 g/mol. The van der Waals surface area contributed by atoms with Crippen LogP contribution in [-0.4, -0.2) is 34.4 Å². The number of likely N-dealkylation sites (N-methyl/N-ethyl adjacent to an activating group) is 2. The number of nitrogens with one attached hydrogen (secondary N) is 2. The molecule has 3 aromatic rings. The first-order chi connectivity index (χ1) is 15.3. The van der Waals surface area contributed by atoms with Crippen molar-refractivity contribution in [1.82, 2.24) is 19.9 Å². The van der Waals surface area contributed by atoms with Crippen molar-refractivity contribution in [2.75, 3.05) is 19.0 Å². The van der Waals surface area contributed by atoms with Crippen molar-refractivity contribution in [3.8, 4) is 0 Å². The van der Waals surface area contributed by atoms with Gasteiger partial charge in [0.15, 0.2) is 5.65 Å². The molecule has 1 aliphatic rings. The predicted octanol–water partition coefficient (Wildman–Crippen LogP) is 4.92. The number of aryl methyl sites for hydroxylation is 3. The number of hydrogen-bond acceptors (Lipinski definition) is 5. The molecule has 6 nitrogen and oxygen atoms in total. The third-order valence-electron chi connectivity index (χ3n) is 6.35. The summed E-state index contributed by atoms with van der Waals surface area (Å²) < 4.78 is 2.04. The van der Waals surface area contributed by atoms with Gasteiger partial charge in [-0.1, -0.05) is 36.4 Å². The van der Waals surface area contributed by atoms with Crippen molar-refractivity contribution < 1.29 is 0 Å². The molecule has 166 valence electrons. The molecule has 4 rings (SSSR count). The number of rotatable bonds is 8. The van der Waals surface area contributed by atoms with Crippen LogP contribution in [0.2, 0.25) is 0 Å². The molecular formula is C26H32N6. The van der Waals surface area contributed by atoms with E-state index < -0.39 is 0 Å². The lowest BCUT2D eigenvalue weighted by atomic mass is 9.89. The van der Waals surface area contributed by atoms with Crippen molar-refractivity contribution in [2.24, 2.45) is 5.92 Å². The highest BCUT2D eigenvalue weighted by atomic mass is 15.3. The Morgan fingerprint density at radius 3 is 2.50 bits per heavy atom. The van der Waals surface area contributed by atoms with Gasteiger partial charge in [-0.15, -0.1) is 10.2 Å². The maximum absolute atomic E-state index is 9.06. The number of benzene rings is 1. The van der Waals surface area contributed by atoms with Gasteiger partial charge in [-0.25, -0.2) is 0 Å². The standard InChI is InChI=1S/C26H32N6/c1-7-22(28-5)23(24(27)19-12-13-19)25(20-10-8-16(2)9-11-20)31(6)21-14-17(3)26-30-29-18(4)32(26)15-21/h7-11,14-15,19,25,27-28H,1,12-13H2,2-6H3/b23-22+,27-24?. The van der Waals surface area contributed by atoms with Crippen molar-refractivity contribution in [1.29, 1.82) is 5.41 Å². The highest BCUT2D eigenvalue weighted by Gasteiger charge is 2.35. The van der Waals surface area contributed by atoms with E-state index in [-0.39, 0.29) is 6.04 Å². The molecule has 0 aliphatic heterocycles. The molecule has 0 saturated heterocycles. The zero-order valence-corrected chi connectivity index (χ0v) is 19.6. The second-order valence-corrected chi connectivity index (χ2v) is 8.72. The summed E-state index contributed by atoms with van der Waals surface area (Å²) in [6.07, 6.45) is 6.07. The summed E-state index contributed by atoms with van der Waals surface area (Å²) in [7, 11) is 4.00. The highest BCUT2D eigenvalue weighted by molar-refractivity contribution is 6.03. The van der Waals surface area contributed by atoms with Crippen LogP contribution < -0.4 is 10.2 Å². The molecule has 0 amide bonds. The molecule has 2 heterocycles. The van der Waals surface area contributed by atoms with Gasteiger partial charge in [0.05, 0.1) is 11.7 Å². The molecule has 2 N–H and O–H groups in total. The van der Waals surface area contributed by atoms with Crippen LogP contribution in [0.5, 0.6) is 0 Å². The molecule has 1 aromatic carbocycles. The summed E-state index contributed by atoms with van der Waals surface area (Å²) in [5.41, 5.74) is 7.92. The summed E-state index contributed by atoms with van der Waals surface area (Å²) in [5.74, 6) is 1.17. The van der Waals surface area contributed by atoms with Gasteiger partial charge >= 0.3 is 0 Å². The summed E-state index contributed by atoms with van der Waals surface area (Å²) in [4.78, 5) is 2.25. The summed E-state index contributed by atoms with van der Waals surface area (Å²) in [6.45, 7) is 10.2. The van der Waals surface area contributed by atoms with Crippen molar-refractivity contribution >= 4 is 17.0 Å². The lowest BCUT2D eigenvalue weighted by Gasteiger charge is -2.34. The zero-order valence-electron chi connectivity index (χ0n) is 19.6. The fourth-order valence-corrected chi connectivity index (χ4v) is 4.30. The number of fused-ring (bicyclic) bond motifs is 1. The molecule has 0 spiro atoms. The van der Waals surface area contributed by atoms with Crippen LogP contribution in [0.1, 0.15) is 41.4 Å². The Labute approximate surface area is 190 Å². The average Bonchev–Trinajstić information content (AvgIpc) is 3.57. The molecule has 1 saturated carbocycles. The van der Waals surface area contributed by atoms with Crippen LogP contribution in [0.15, 0.2) is 60.5 Å². The van der Waals surface area contributed by atoms with Crippen LogP contribution >= 0.6 is 0 Å². The fraction of sp³-hybridized carbons (Fsp3) is 0.346. The molecule has 2 aromatic heterocycles. The van der Waals surface area contributed by atoms with E-state index >= 15 is 0 Å².